The number of rotatable bonds is 4. The molecule has 0 saturated carbocycles. The molecule has 6 heteroatoms. The summed E-state index contributed by atoms with van der Waals surface area (Å²) >= 11 is 7.31. The molecule has 0 N–H and O–H groups in total. The predicted molar refractivity (Wildman–Crippen MR) is 90.9 cm³/mol. The van der Waals surface area contributed by atoms with Crippen molar-refractivity contribution in [3.05, 3.63) is 63.5 Å². The number of pyridine rings is 1. The summed E-state index contributed by atoms with van der Waals surface area (Å²) in [5, 5.41) is 1.21. The Balaban J connectivity index is 1.88. The number of ether oxygens (including phenoxy) is 1. The van der Waals surface area contributed by atoms with Crippen LogP contribution in [-0.2, 0) is 6.42 Å². The molecule has 3 nitrogen and oxygen atoms in total. The van der Waals surface area contributed by atoms with E-state index in [1.165, 1.54) is 17.4 Å². The third kappa shape index (κ3) is 3.51. The van der Waals surface area contributed by atoms with E-state index >= 15 is 0 Å². The van der Waals surface area contributed by atoms with Crippen molar-refractivity contribution < 1.29 is 9.13 Å². The van der Waals surface area contributed by atoms with Gasteiger partial charge in [-0.1, -0.05) is 17.7 Å². The minimum Gasteiger partial charge on any atom is -0.495 e. The molecule has 0 bridgehead atoms. The first-order valence-electron chi connectivity index (χ1n) is 6.97. The molecule has 2 aromatic heterocycles. The molecular formula is C17H14ClFN2OS. The van der Waals surface area contributed by atoms with E-state index in [9.17, 15) is 4.39 Å². The van der Waals surface area contributed by atoms with E-state index in [0.717, 1.165) is 21.3 Å². The predicted octanol–water partition coefficient (Wildman–Crippen LogP) is 4.91. The number of hydrogen-bond donors (Lipinski definition) is 0. The van der Waals surface area contributed by atoms with Crippen LogP contribution in [0.25, 0.3) is 10.7 Å². The lowest BCUT2D eigenvalue weighted by Gasteiger charge is -2.02. The lowest BCUT2D eigenvalue weighted by Crippen LogP contribution is -1.92. The van der Waals surface area contributed by atoms with Crippen LogP contribution in [0.5, 0.6) is 5.75 Å². The van der Waals surface area contributed by atoms with Gasteiger partial charge in [0.05, 0.1) is 24.7 Å². The minimum atomic E-state index is -0.297. The fraction of sp³-hybridized carbons (Fsp3) is 0.176. The van der Waals surface area contributed by atoms with Crippen LogP contribution in [0.3, 0.4) is 0 Å². The van der Waals surface area contributed by atoms with E-state index in [0.29, 0.717) is 22.8 Å². The van der Waals surface area contributed by atoms with Crippen LogP contribution in [0.15, 0.2) is 36.5 Å². The molecule has 0 amide bonds. The summed E-state index contributed by atoms with van der Waals surface area (Å²) in [6.07, 6.45) is 2.15. The fourth-order valence-electron chi connectivity index (χ4n) is 2.17. The Hall–Kier alpha value is -1.98. The van der Waals surface area contributed by atoms with Crippen molar-refractivity contribution in [2.24, 2.45) is 0 Å². The van der Waals surface area contributed by atoms with Crippen molar-refractivity contribution in [1.29, 1.82) is 0 Å². The van der Waals surface area contributed by atoms with E-state index in [1.807, 2.05) is 19.1 Å². The molecule has 0 radical (unpaired) electrons. The standard InChI is InChI=1S/C17H14ClFN2OS/c1-10-16(7-11-3-4-12(18)8-14(11)19)23-17(21-10)15-6-5-13(22-2)9-20-15/h3-6,8-9H,7H2,1-2H3. The van der Waals surface area contributed by atoms with Crippen LogP contribution >= 0.6 is 22.9 Å². The smallest absolute Gasteiger partial charge is 0.142 e. The summed E-state index contributed by atoms with van der Waals surface area (Å²) in [6, 6.07) is 8.45. The third-order valence-electron chi connectivity index (χ3n) is 3.45. The largest absolute Gasteiger partial charge is 0.495 e. The molecule has 0 aliphatic carbocycles. The Labute approximate surface area is 142 Å². The summed E-state index contributed by atoms with van der Waals surface area (Å²) in [6.45, 7) is 1.92. The van der Waals surface area contributed by atoms with Crippen molar-refractivity contribution in [3.63, 3.8) is 0 Å². The second-order valence-electron chi connectivity index (χ2n) is 5.02. The number of aromatic nitrogens is 2. The topological polar surface area (TPSA) is 35.0 Å². The van der Waals surface area contributed by atoms with Crippen molar-refractivity contribution in [3.8, 4) is 16.5 Å². The number of hydrogen-bond acceptors (Lipinski definition) is 4. The molecule has 118 valence electrons. The van der Waals surface area contributed by atoms with Gasteiger partial charge in [-0.05, 0) is 36.8 Å². The second kappa shape index (κ2) is 6.64. The maximum absolute atomic E-state index is 14.0. The van der Waals surface area contributed by atoms with Crippen LogP contribution in [0.1, 0.15) is 16.1 Å². The Morgan fingerprint density at radius 2 is 2.09 bits per heavy atom. The molecule has 0 saturated heterocycles. The Kier molecular flexibility index (Phi) is 4.59. The molecular weight excluding hydrogens is 335 g/mol. The van der Waals surface area contributed by atoms with Gasteiger partial charge in [-0.2, -0.15) is 0 Å². The number of aryl methyl sites for hydroxylation is 1. The third-order valence-corrected chi connectivity index (χ3v) is 4.86. The lowest BCUT2D eigenvalue weighted by atomic mass is 10.1. The number of nitrogens with zero attached hydrogens (tertiary/aromatic N) is 2. The van der Waals surface area contributed by atoms with E-state index in [-0.39, 0.29) is 5.82 Å². The molecule has 23 heavy (non-hydrogen) atoms. The van der Waals surface area contributed by atoms with Gasteiger partial charge in [0.1, 0.15) is 16.6 Å². The molecule has 3 aromatic rings. The van der Waals surface area contributed by atoms with Gasteiger partial charge in [-0.25, -0.2) is 14.4 Å². The van der Waals surface area contributed by atoms with Crippen molar-refractivity contribution >= 4 is 22.9 Å². The fourth-order valence-corrected chi connectivity index (χ4v) is 3.39. The zero-order chi connectivity index (χ0) is 16.4. The molecule has 0 aliphatic heterocycles. The first kappa shape index (κ1) is 15.9. The maximum Gasteiger partial charge on any atom is 0.142 e. The maximum atomic E-state index is 14.0. The molecule has 3 rings (SSSR count). The van der Waals surface area contributed by atoms with Crippen LogP contribution in [0, 0.1) is 12.7 Å². The average Bonchev–Trinajstić information content (AvgIpc) is 2.91. The van der Waals surface area contributed by atoms with Crippen LogP contribution in [-0.4, -0.2) is 17.1 Å². The van der Waals surface area contributed by atoms with Crippen molar-refractivity contribution in [2.75, 3.05) is 7.11 Å². The highest BCUT2D eigenvalue weighted by atomic mass is 35.5. The monoisotopic (exact) mass is 348 g/mol. The van der Waals surface area contributed by atoms with E-state index < -0.39 is 0 Å². The number of halogens is 2. The molecule has 0 aliphatic rings. The highest BCUT2D eigenvalue weighted by molar-refractivity contribution is 7.15. The SMILES string of the molecule is COc1ccc(-c2nc(C)c(Cc3ccc(Cl)cc3F)s2)nc1. The molecule has 0 atom stereocenters. The van der Waals surface area contributed by atoms with Gasteiger partial charge in [-0.3, -0.25) is 0 Å². The molecule has 0 fully saturated rings. The van der Waals surface area contributed by atoms with Gasteiger partial charge in [-0.15, -0.1) is 11.3 Å². The Morgan fingerprint density at radius 3 is 2.74 bits per heavy atom. The van der Waals surface area contributed by atoms with Gasteiger partial charge in [0.15, 0.2) is 0 Å². The highest BCUT2D eigenvalue weighted by Crippen LogP contribution is 2.30. The summed E-state index contributed by atoms with van der Waals surface area (Å²) in [5.74, 6) is 0.403. The Morgan fingerprint density at radius 1 is 1.26 bits per heavy atom. The molecule has 0 spiro atoms. The Bertz CT molecular complexity index is 833. The van der Waals surface area contributed by atoms with Crippen LogP contribution in [0.4, 0.5) is 4.39 Å². The molecule has 1 aromatic carbocycles. The van der Waals surface area contributed by atoms with Crippen LogP contribution in [0.2, 0.25) is 5.02 Å². The van der Waals surface area contributed by atoms with E-state index in [4.69, 9.17) is 16.3 Å². The summed E-state index contributed by atoms with van der Waals surface area (Å²) in [5.41, 5.74) is 2.27. The van der Waals surface area contributed by atoms with Gasteiger partial charge < -0.3 is 4.74 Å². The van der Waals surface area contributed by atoms with Crippen molar-refractivity contribution in [1.82, 2.24) is 9.97 Å². The first-order chi connectivity index (χ1) is 11.1. The van der Waals surface area contributed by atoms with E-state index in [1.54, 1.807) is 25.4 Å². The molecule has 0 unspecified atom stereocenters. The first-order valence-corrected chi connectivity index (χ1v) is 8.17. The second-order valence-corrected chi connectivity index (χ2v) is 6.54. The number of benzene rings is 1. The zero-order valence-corrected chi connectivity index (χ0v) is 14.2. The zero-order valence-electron chi connectivity index (χ0n) is 12.6. The quantitative estimate of drug-likeness (QED) is 0.672. The summed E-state index contributed by atoms with van der Waals surface area (Å²) < 4.78 is 19.1. The van der Waals surface area contributed by atoms with Gasteiger partial charge in [0.2, 0.25) is 0 Å². The van der Waals surface area contributed by atoms with Gasteiger partial charge in [0, 0.05) is 16.3 Å². The van der Waals surface area contributed by atoms with Crippen LogP contribution < -0.4 is 4.74 Å². The van der Waals surface area contributed by atoms with Gasteiger partial charge in [0.25, 0.3) is 0 Å². The van der Waals surface area contributed by atoms with Gasteiger partial charge >= 0.3 is 0 Å². The number of thiazole rings is 1. The number of methoxy groups -OCH3 is 1. The van der Waals surface area contributed by atoms with Crippen molar-refractivity contribution in [2.45, 2.75) is 13.3 Å². The average molecular weight is 349 g/mol. The summed E-state index contributed by atoms with van der Waals surface area (Å²) in [4.78, 5) is 9.90. The molecule has 2 heterocycles. The van der Waals surface area contributed by atoms with E-state index in [2.05, 4.69) is 9.97 Å². The highest BCUT2D eigenvalue weighted by Gasteiger charge is 2.13. The minimum absolute atomic E-state index is 0.297. The normalized spacial score (nSPS) is 10.8. The summed E-state index contributed by atoms with van der Waals surface area (Å²) in [7, 11) is 1.60. The lowest BCUT2D eigenvalue weighted by molar-refractivity contribution is 0.413.